The molecule has 2 aliphatic heterocycles. The van der Waals surface area contributed by atoms with Crippen LogP contribution in [0.4, 0.5) is 0 Å². The molecule has 2 saturated heterocycles. The molecule has 0 bridgehead atoms. The zero-order valence-electron chi connectivity index (χ0n) is 33.0. The van der Waals surface area contributed by atoms with Crippen LogP contribution in [0, 0.1) is 0 Å². The van der Waals surface area contributed by atoms with Crippen molar-refractivity contribution >= 4 is 18.7 Å². The first-order valence-corrected chi connectivity index (χ1v) is 20.8. The third-order valence-electron chi connectivity index (χ3n) is 10.5. The van der Waals surface area contributed by atoms with E-state index in [2.05, 4.69) is 74.3 Å². The van der Waals surface area contributed by atoms with Crippen molar-refractivity contribution in [2.75, 3.05) is 20.8 Å². The summed E-state index contributed by atoms with van der Waals surface area (Å²) in [5.74, 6) is 0.830. The van der Waals surface area contributed by atoms with E-state index in [1.165, 1.54) is 5.06 Å². The Morgan fingerprint density at radius 1 is 0.732 bits per heavy atom. The minimum atomic E-state index is -2.96. The van der Waals surface area contributed by atoms with E-state index in [0.29, 0.717) is 5.56 Å². The molecule has 0 saturated carbocycles. The number of ether oxygens (including phenoxy) is 6. The number of methoxy groups -OCH3 is 2. The molecular weight excluding hydrogens is 727 g/mol. The molecule has 1 N–H and O–H groups in total. The predicted octanol–water partition coefficient (Wildman–Crippen LogP) is 6.86. The minimum absolute atomic E-state index is 0.129. The summed E-state index contributed by atoms with van der Waals surface area (Å²) in [4.78, 5) is 9.36. The number of aromatic nitrogens is 2. The first-order valence-electron chi connectivity index (χ1n) is 18.9. The summed E-state index contributed by atoms with van der Waals surface area (Å²) in [5.41, 5.74) is 2.35. The van der Waals surface area contributed by atoms with Gasteiger partial charge in [-0.2, -0.15) is 10.0 Å². The van der Waals surface area contributed by atoms with Crippen molar-refractivity contribution in [3.63, 3.8) is 0 Å². The lowest BCUT2D eigenvalue weighted by Gasteiger charge is -2.44. The zero-order valence-corrected chi connectivity index (χ0v) is 34.0. The fourth-order valence-corrected chi connectivity index (χ4v) is 12.4. The molecule has 1 aromatic heterocycles. The van der Waals surface area contributed by atoms with Crippen molar-refractivity contribution in [1.82, 2.24) is 15.0 Å². The van der Waals surface area contributed by atoms with Crippen molar-refractivity contribution in [1.29, 1.82) is 0 Å². The number of nitrogens with zero attached hydrogens (tertiary/aromatic N) is 3. The number of fused-ring (bicyclic) bond motifs is 1. The van der Waals surface area contributed by atoms with E-state index in [1.807, 2.05) is 74.5 Å². The number of benzene rings is 4. The summed E-state index contributed by atoms with van der Waals surface area (Å²) in [6, 6.07) is 34.9. The van der Waals surface area contributed by atoms with Crippen molar-refractivity contribution in [3.8, 4) is 23.4 Å². The van der Waals surface area contributed by atoms with Crippen LogP contribution in [0.2, 0.25) is 5.04 Å². The molecule has 7 rings (SSSR count). The maximum Gasteiger partial charge on any atom is 0.320 e. The van der Waals surface area contributed by atoms with E-state index < -0.39 is 38.4 Å². The summed E-state index contributed by atoms with van der Waals surface area (Å²) in [7, 11) is 0.297. The Hall–Kier alpha value is -4.82. The highest BCUT2D eigenvalue weighted by atomic mass is 28.4. The molecule has 12 heteroatoms. The molecule has 2 aliphatic rings. The lowest BCUT2D eigenvalue weighted by atomic mass is 10.0. The number of hydroxylamine groups is 2. The van der Waals surface area contributed by atoms with Crippen LogP contribution in [-0.2, 0) is 27.1 Å². The third-order valence-corrected chi connectivity index (χ3v) is 15.5. The van der Waals surface area contributed by atoms with Crippen LogP contribution < -0.4 is 29.3 Å². The van der Waals surface area contributed by atoms with Gasteiger partial charge in [-0.25, -0.2) is 4.98 Å². The quantitative estimate of drug-likeness (QED) is 0.119. The smallest absolute Gasteiger partial charge is 0.320 e. The van der Waals surface area contributed by atoms with Gasteiger partial charge < -0.3 is 38.1 Å². The van der Waals surface area contributed by atoms with Gasteiger partial charge in [0.1, 0.15) is 36.9 Å². The van der Waals surface area contributed by atoms with Gasteiger partial charge in [-0.15, -0.1) is 0 Å². The minimum Gasteiger partial charge on any atom is -0.497 e. The Labute approximate surface area is 330 Å². The molecule has 294 valence electrons. The molecule has 4 atom stereocenters. The van der Waals surface area contributed by atoms with Crippen LogP contribution in [-0.4, -0.2) is 73.4 Å². The maximum atomic E-state index is 12.3. The van der Waals surface area contributed by atoms with E-state index >= 15 is 0 Å². The molecule has 0 amide bonds. The van der Waals surface area contributed by atoms with Crippen LogP contribution >= 0.6 is 0 Å². The van der Waals surface area contributed by atoms with Gasteiger partial charge in [0.25, 0.3) is 8.32 Å². The van der Waals surface area contributed by atoms with E-state index in [0.717, 1.165) is 33.0 Å². The summed E-state index contributed by atoms with van der Waals surface area (Å²) in [5, 5.41) is 15.6. The third kappa shape index (κ3) is 8.04. The fraction of sp³-hybridized carbons (Fsp3) is 0.364. The van der Waals surface area contributed by atoms with E-state index in [-0.39, 0.29) is 36.7 Å². The average Bonchev–Trinajstić information content (AvgIpc) is 3.64. The van der Waals surface area contributed by atoms with Gasteiger partial charge in [0, 0.05) is 6.20 Å². The fourth-order valence-electron chi connectivity index (χ4n) is 7.82. The largest absolute Gasteiger partial charge is 0.497 e. The molecule has 0 radical (unpaired) electrons. The maximum absolute atomic E-state index is 12.3. The second-order valence-corrected chi connectivity index (χ2v) is 19.9. The number of rotatable bonds is 14. The van der Waals surface area contributed by atoms with Crippen molar-refractivity contribution in [2.45, 2.75) is 82.9 Å². The molecule has 11 nitrogen and oxygen atoms in total. The first-order chi connectivity index (χ1) is 26.9. The van der Waals surface area contributed by atoms with Gasteiger partial charge in [0.15, 0.2) is 5.79 Å². The van der Waals surface area contributed by atoms with Crippen LogP contribution in [0.25, 0.3) is 0 Å². The van der Waals surface area contributed by atoms with Gasteiger partial charge in [-0.05, 0) is 64.7 Å². The molecule has 4 aromatic carbocycles. The van der Waals surface area contributed by atoms with Gasteiger partial charge in [-0.3, -0.25) is 0 Å². The van der Waals surface area contributed by atoms with Crippen LogP contribution in [0.5, 0.6) is 23.4 Å². The molecule has 0 unspecified atom stereocenters. The van der Waals surface area contributed by atoms with Crippen LogP contribution in [0.15, 0.2) is 115 Å². The summed E-state index contributed by atoms with van der Waals surface area (Å²) >= 11 is 0. The second kappa shape index (κ2) is 16.3. The highest BCUT2D eigenvalue weighted by Crippen LogP contribution is 2.48. The van der Waals surface area contributed by atoms with Crippen molar-refractivity contribution in [2.24, 2.45) is 0 Å². The van der Waals surface area contributed by atoms with Crippen molar-refractivity contribution in [3.05, 3.63) is 132 Å². The molecular formula is C44H51N3O8Si. The highest BCUT2D eigenvalue weighted by molar-refractivity contribution is 6.99. The van der Waals surface area contributed by atoms with Gasteiger partial charge in [0.2, 0.25) is 5.88 Å². The Morgan fingerprint density at radius 3 is 1.77 bits per heavy atom. The Kier molecular flexibility index (Phi) is 11.5. The number of hydrogen-bond acceptors (Lipinski definition) is 11. The summed E-state index contributed by atoms with van der Waals surface area (Å²) in [6.45, 7) is 11.1. The summed E-state index contributed by atoms with van der Waals surface area (Å²) in [6.07, 6.45) is 0.504. The highest BCUT2D eigenvalue weighted by Gasteiger charge is 2.60. The Balaban J connectivity index is 1.22. The Morgan fingerprint density at radius 2 is 1.25 bits per heavy atom. The predicted molar refractivity (Wildman–Crippen MR) is 214 cm³/mol. The molecule has 0 spiro atoms. The summed E-state index contributed by atoms with van der Waals surface area (Å²) < 4.78 is 43.6. The molecule has 2 fully saturated rings. The standard InChI is InChI=1S/C44H51N3O8Si/c1-43(2,3)56(34-14-10-8-11-15-34,35-16-12-9-13-17-35)53-29-37-39-40(55-44(4,5)54-39)38(47(37)48)36-26-45-42(52-28-31-20-24-33(50-7)25-21-31)46-41(36)51-27-30-18-22-32(49-6)23-19-30/h8-26,37-40,48H,27-29H2,1-7H3/t37-,38+,39-,40+/m1/s1. The lowest BCUT2D eigenvalue weighted by molar-refractivity contribution is -0.220. The topological polar surface area (TPSA) is 114 Å². The molecule has 3 heterocycles. The van der Waals surface area contributed by atoms with Crippen LogP contribution in [0.1, 0.15) is 57.4 Å². The van der Waals surface area contributed by atoms with E-state index in [1.54, 1.807) is 20.4 Å². The lowest BCUT2D eigenvalue weighted by Crippen LogP contribution is -2.67. The van der Waals surface area contributed by atoms with Gasteiger partial charge in [-0.1, -0.05) is 106 Å². The first kappa shape index (κ1) is 39.4. The van der Waals surface area contributed by atoms with Crippen molar-refractivity contribution < 1.29 is 38.1 Å². The monoisotopic (exact) mass is 777 g/mol. The molecule has 0 aliphatic carbocycles. The average molecular weight is 778 g/mol. The van der Waals surface area contributed by atoms with Gasteiger partial charge >= 0.3 is 6.01 Å². The Bertz CT molecular complexity index is 2010. The normalized spacial score (nSPS) is 20.7. The second-order valence-electron chi connectivity index (χ2n) is 15.6. The molecule has 5 aromatic rings. The molecule has 56 heavy (non-hydrogen) atoms. The van der Waals surface area contributed by atoms with E-state index in [9.17, 15) is 5.21 Å². The SMILES string of the molecule is COc1ccc(COc2ncc([C@H]3[C@@H]4OC(C)(C)O[C@@H]4[C@@H](CO[Si](c4ccccc4)(c4ccccc4)C(C)(C)C)N3O)c(OCc3ccc(OC)cc3)n2)cc1. The van der Waals surface area contributed by atoms with Crippen LogP contribution in [0.3, 0.4) is 0 Å². The van der Waals surface area contributed by atoms with Gasteiger partial charge in [0.05, 0.1) is 38.5 Å². The zero-order chi connectivity index (χ0) is 39.5. The number of hydrogen-bond donors (Lipinski definition) is 1. The van der Waals surface area contributed by atoms with E-state index in [4.69, 9.17) is 37.8 Å².